The number of benzene rings is 1. The van der Waals surface area contributed by atoms with Gasteiger partial charge in [0.25, 0.3) is 0 Å². The first-order valence-electron chi connectivity index (χ1n) is 7.70. The van der Waals surface area contributed by atoms with Crippen molar-refractivity contribution in [3.8, 4) is 0 Å². The van der Waals surface area contributed by atoms with Gasteiger partial charge in [-0.3, -0.25) is 0 Å². The van der Waals surface area contributed by atoms with Crippen LogP contribution in [0.15, 0.2) is 24.3 Å². The average molecular weight is 291 g/mol. The predicted molar refractivity (Wildman–Crippen MR) is 86.2 cm³/mol. The lowest BCUT2D eigenvalue weighted by Gasteiger charge is -2.40. The molecular weight excluding hydrogens is 266 g/mol. The molecule has 0 bridgehead atoms. The van der Waals surface area contributed by atoms with E-state index in [1.165, 1.54) is 29.1 Å². The van der Waals surface area contributed by atoms with Gasteiger partial charge in [0.15, 0.2) is 0 Å². The maximum atomic E-state index is 6.54. The van der Waals surface area contributed by atoms with Crippen LogP contribution in [0.1, 0.15) is 30.4 Å². The first-order valence-corrected chi connectivity index (χ1v) is 8.86. The highest BCUT2D eigenvalue weighted by Crippen LogP contribution is 2.41. The largest absolute Gasteiger partial charge is 0.374 e. The fraction of sp³-hybridized carbons (Fsp3) is 0.647. The minimum atomic E-state index is 0.150. The normalized spacial score (nSPS) is 31.6. The molecule has 0 aromatic heterocycles. The Kier molecular flexibility index (Phi) is 4.39. The van der Waals surface area contributed by atoms with Gasteiger partial charge < -0.3 is 10.5 Å². The number of hydrogen-bond acceptors (Lipinski definition) is 3. The molecule has 1 aromatic carbocycles. The molecule has 2 aliphatic rings. The van der Waals surface area contributed by atoms with E-state index in [9.17, 15) is 0 Å². The molecule has 2 N–H and O–H groups in total. The first-order chi connectivity index (χ1) is 9.69. The minimum Gasteiger partial charge on any atom is -0.374 e. The molecule has 0 radical (unpaired) electrons. The lowest BCUT2D eigenvalue weighted by molar-refractivity contribution is -0.0831. The van der Waals surface area contributed by atoms with Crippen molar-refractivity contribution < 1.29 is 4.74 Å². The molecular formula is C17H25NOS. The van der Waals surface area contributed by atoms with Gasteiger partial charge >= 0.3 is 0 Å². The molecule has 2 heterocycles. The Balaban J connectivity index is 1.65. The van der Waals surface area contributed by atoms with E-state index in [0.29, 0.717) is 5.92 Å². The number of rotatable bonds is 3. The quantitative estimate of drug-likeness (QED) is 0.929. The van der Waals surface area contributed by atoms with Crippen LogP contribution >= 0.6 is 11.8 Å². The summed E-state index contributed by atoms with van der Waals surface area (Å²) in [5.74, 6) is 3.03. The van der Waals surface area contributed by atoms with Crippen LogP contribution in [0, 0.1) is 12.8 Å². The summed E-state index contributed by atoms with van der Waals surface area (Å²) >= 11 is 2.03. The molecule has 1 spiro atoms. The molecule has 1 aromatic rings. The van der Waals surface area contributed by atoms with Gasteiger partial charge in [-0.05, 0) is 55.4 Å². The lowest BCUT2D eigenvalue weighted by atomic mass is 9.79. The second-order valence-electron chi connectivity index (χ2n) is 6.38. The fourth-order valence-electron chi connectivity index (χ4n) is 3.55. The topological polar surface area (TPSA) is 35.2 Å². The highest BCUT2D eigenvalue weighted by atomic mass is 32.2. The van der Waals surface area contributed by atoms with Crippen LogP contribution in [0.4, 0.5) is 0 Å². The zero-order valence-electron chi connectivity index (χ0n) is 12.3. The maximum absolute atomic E-state index is 6.54. The van der Waals surface area contributed by atoms with Crippen molar-refractivity contribution in [1.82, 2.24) is 0 Å². The monoisotopic (exact) mass is 291 g/mol. The number of hydrogen-bond donors (Lipinski definition) is 1. The standard InChI is InChI=1S/C17H25NOS/c1-13-4-2-3-5-14(13)10-16(18)15-6-8-19-17(11-15)7-9-20-12-17/h2-5,15-16H,6-12,18H2,1H3. The molecule has 3 unspecified atom stereocenters. The van der Waals surface area contributed by atoms with Gasteiger partial charge in [0.2, 0.25) is 0 Å². The zero-order valence-corrected chi connectivity index (χ0v) is 13.1. The van der Waals surface area contributed by atoms with Crippen molar-refractivity contribution in [2.24, 2.45) is 11.7 Å². The molecule has 2 nitrogen and oxygen atoms in total. The highest BCUT2D eigenvalue weighted by molar-refractivity contribution is 7.99. The molecule has 0 amide bonds. The van der Waals surface area contributed by atoms with Crippen LogP contribution in [0.2, 0.25) is 0 Å². The molecule has 3 rings (SSSR count). The summed E-state index contributed by atoms with van der Waals surface area (Å²) in [6.07, 6.45) is 4.50. The fourth-order valence-corrected chi connectivity index (χ4v) is 4.93. The van der Waals surface area contributed by atoms with Gasteiger partial charge in [-0.15, -0.1) is 0 Å². The highest BCUT2D eigenvalue weighted by Gasteiger charge is 2.41. The van der Waals surface area contributed by atoms with Crippen LogP contribution < -0.4 is 5.73 Å². The van der Waals surface area contributed by atoms with Gasteiger partial charge in [0.1, 0.15) is 0 Å². The minimum absolute atomic E-state index is 0.150. The Bertz CT molecular complexity index is 456. The number of aryl methyl sites for hydroxylation is 1. The summed E-state index contributed by atoms with van der Waals surface area (Å²) in [6, 6.07) is 8.89. The Hall–Kier alpha value is -0.510. The van der Waals surface area contributed by atoms with E-state index in [1.807, 2.05) is 11.8 Å². The van der Waals surface area contributed by atoms with Crippen molar-refractivity contribution >= 4 is 11.8 Å². The van der Waals surface area contributed by atoms with E-state index < -0.39 is 0 Å². The molecule has 0 saturated carbocycles. The summed E-state index contributed by atoms with van der Waals surface area (Å²) in [6.45, 7) is 3.08. The third-order valence-electron chi connectivity index (χ3n) is 4.92. The van der Waals surface area contributed by atoms with Gasteiger partial charge in [-0.2, -0.15) is 11.8 Å². The molecule has 0 aliphatic carbocycles. The molecule has 110 valence electrons. The third kappa shape index (κ3) is 3.05. The van der Waals surface area contributed by atoms with Crippen molar-refractivity contribution in [2.75, 3.05) is 18.1 Å². The van der Waals surface area contributed by atoms with Gasteiger partial charge in [-0.25, -0.2) is 0 Å². The predicted octanol–water partition coefficient (Wildman–Crippen LogP) is 3.17. The Morgan fingerprint density at radius 1 is 1.45 bits per heavy atom. The first kappa shape index (κ1) is 14.4. The third-order valence-corrected chi connectivity index (χ3v) is 6.14. The second kappa shape index (κ2) is 6.08. The van der Waals surface area contributed by atoms with E-state index in [-0.39, 0.29) is 11.6 Å². The molecule has 2 fully saturated rings. The Morgan fingerprint density at radius 2 is 2.30 bits per heavy atom. The van der Waals surface area contributed by atoms with Crippen LogP contribution in [-0.4, -0.2) is 29.8 Å². The summed E-state index contributed by atoms with van der Waals surface area (Å²) in [4.78, 5) is 0. The molecule has 2 saturated heterocycles. The smallest absolute Gasteiger partial charge is 0.0783 e. The average Bonchev–Trinajstić information content (AvgIpc) is 2.89. The van der Waals surface area contributed by atoms with Crippen molar-refractivity contribution in [3.63, 3.8) is 0 Å². The molecule has 20 heavy (non-hydrogen) atoms. The van der Waals surface area contributed by atoms with E-state index in [4.69, 9.17) is 10.5 Å². The van der Waals surface area contributed by atoms with Gasteiger partial charge in [0.05, 0.1) is 5.60 Å². The maximum Gasteiger partial charge on any atom is 0.0783 e. The number of thioether (sulfide) groups is 1. The summed E-state index contributed by atoms with van der Waals surface area (Å²) < 4.78 is 6.10. The number of nitrogens with two attached hydrogens (primary N) is 1. The van der Waals surface area contributed by atoms with Gasteiger partial charge in [0, 0.05) is 18.4 Å². The van der Waals surface area contributed by atoms with E-state index in [1.54, 1.807) is 0 Å². The van der Waals surface area contributed by atoms with Crippen LogP contribution in [0.25, 0.3) is 0 Å². The zero-order chi connectivity index (χ0) is 14.0. The van der Waals surface area contributed by atoms with Crippen molar-refractivity contribution in [2.45, 2.75) is 44.2 Å². The Labute approximate surface area is 126 Å². The molecule has 3 atom stereocenters. The summed E-state index contributed by atoms with van der Waals surface area (Å²) in [5, 5.41) is 0. The molecule has 2 aliphatic heterocycles. The summed E-state index contributed by atoms with van der Waals surface area (Å²) in [5.41, 5.74) is 9.45. The number of ether oxygens (including phenoxy) is 1. The Morgan fingerprint density at radius 3 is 3.05 bits per heavy atom. The SMILES string of the molecule is Cc1ccccc1CC(N)C1CCOC2(CCSC2)C1. The van der Waals surface area contributed by atoms with Gasteiger partial charge in [-0.1, -0.05) is 24.3 Å². The summed E-state index contributed by atoms with van der Waals surface area (Å²) in [7, 11) is 0. The van der Waals surface area contributed by atoms with E-state index >= 15 is 0 Å². The van der Waals surface area contributed by atoms with E-state index in [2.05, 4.69) is 31.2 Å². The molecule has 3 heteroatoms. The van der Waals surface area contributed by atoms with Crippen LogP contribution in [0.3, 0.4) is 0 Å². The van der Waals surface area contributed by atoms with Crippen LogP contribution in [-0.2, 0) is 11.2 Å². The van der Waals surface area contributed by atoms with Crippen molar-refractivity contribution in [1.29, 1.82) is 0 Å². The second-order valence-corrected chi connectivity index (χ2v) is 7.49. The lowest BCUT2D eigenvalue weighted by Crippen LogP contribution is -2.46. The van der Waals surface area contributed by atoms with Crippen LogP contribution in [0.5, 0.6) is 0 Å². The van der Waals surface area contributed by atoms with Crippen molar-refractivity contribution in [3.05, 3.63) is 35.4 Å². The van der Waals surface area contributed by atoms with E-state index in [0.717, 1.165) is 25.9 Å².